The van der Waals surface area contributed by atoms with Crippen molar-refractivity contribution in [1.82, 2.24) is 14.8 Å². The number of carbonyl (C=O) groups is 1. The zero-order valence-electron chi connectivity index (χ0n) is 18.3. The molecule has 31 heavy (non-hydrogen) atoms. The first kappa shape index (κ1) is 20.2. The Bertz CT molecular complexity index is 979. The second-order valence-electron chi connectivity index (χ2n) is 8.82. The number of amides is 1. The van der Waals surface area contributed by atoms with Crippen molar-refractivity contribution in [3.05, 3.63) is 65.2 Å². The first-order valence-electron chi connectivity index (χ1n) is 11.2. The third-order valence-electron chi connectivity index (χ3n) is 6.90. The first-order chi connectivity index (χ1) is 15.1. The van der Waals surface area contributed by atoms with Crippen LogP contribution in [0.4, 0.5) is 0 Å². The van der Waals surface area contributed by atoms with Crippen LogP contribution in [0, 0.1) is 5.92 Å². The van der Waals surface area contributed by atoms with Gasteiger partial charge in [-0.3, -0.25) is 9.69 Å². The van der Waals surface area contributed by atoms with Crippen LogP contribution in [0.2, 0.25) is 0 Å². The van der Waals surface area contributed by atoms with Crippen LogP contribution in [-0.4, -0.2) is 73.3 Å². The van der Waals surface area contributed by atoms with Crippen molar-refractivity contribution >= 4 is 11.6 Å². The fraction of sp³-hybridized carbons (Fsp3) is 0.440. The Morgan fingerprint density at radius 1 is 1.06 bits per heavy atom. The fourth-order valence-electron chi connectivity index (χ4n) is 5.08. The van der Waals surface area contributed by atoms with Gasteiger partial charge in [-0.25, -0.2) is 5.01 Å². The number of carbonyl (C=O) groups excluding carboxylic acids is 1. The van der Waals surface area contributed by atoms with Crippen LogP contribution in [0.5, 0.6) is 5.75 Å². The second-order valence-corrected chi connectivity index (χ2v) is 8.82. The molecule has 6 nitrogen and oxygen atoms in total. The molecular weight excluding hydrogens is 388 g/mol. The molecule has 0 saturated carbocycles. The molecule has 0 N–H and O–H groups in total. The maximum absolute atomic E-state index is 13.5. The summed E-state index contributed by atoms with van der Waals surface area (Å²) in [5.74, 6) is 1.14. The zero-order chi connectivity index (χ0) is 21.4. The van der Waals surface area contributed by atoms with Crippen LogP contribution in [-0.2, 0) is 11.2 Å². The molecule has 0 radical (unpaired) electrons. The van der Waals surface area contributed by atoms with Crippen molar-refractivity contribution in [2.75, 3.05) is 46.9 Å². The molecule has 5 rings (SSSR count). The lowest BCUT2D eigenvalue weighted by Crippen LogP contribution is -2.48. The van der Waals surface area contributed by atoms with Crippen LogP contribution < -0.4 is 4.74 Å². The monoisotopic (exact) mass is 418 g/mol. The number of piperazine rings is 1. The van der Waals surface area contributed by atoms with Crippen LogP contribution in [0.25, 0.3) is 0 Å². The summed E-state index contributed by atoms with van der Waals surface area (Å²) in [6.07, 6.45) is 2.03. The Balaban J connectivity index is 1.46. The molecule has 0 spiro atoms. The first-order valence-corrected chi connectivity index (χ1v) is 11.2. The summed E-state index contributed by atoms with van der Waals surface area (Å²) in [7, 11) is 3.81. The van der Waals surface area contributed by atoms with E-state index in [-0.39, 0.29) is 17.9 Å². The lowest BCUT2D eigenvalue weighted by Gasteiger charge is -2.34. The van der Waals surface area contributed by atoms with E-state index in [1.54, 1.807) is 12.1 Å². The van der Waals surface area contributed by atoms with E-state index in [1.165, 1.54) is 11.1 Å². The molecule has 2 aromatic rings. The predicted octanol–water partition coefficient (Wildman–Crippen LogP) is 2.79. The maximum Gasteiger partial charge on any atom is 0.257 e. The van der Waals surface area contributed by atoms with E-state index < -0.39 is 0 Å². The average Bonchev–Trinajstić information content (AvgIpc) is 3.21. The highest BCUT2D eigenvalue weighted by molar-refractivity contribution is 6.06. The van der Waals surface area contributed by atoms with Crippen molar-refractivity contribution in [3.8, 4) is 5.75 Å². The fourth-order valence-corrected chi connectivity index (χ4v) is 5.08. The van der Waals surface area contributed by atoms with Crippen molar-refractivity contribution in [1.29, 1.82) is 0 Å². The highest BCUT2D eigenvalue weighted by Gasteiger charge is 2.44. The summed E-state index contributed by atoms with van der Waals surface area (Å²) in [5, 5.41) is 6.74. The highest BCUT2D eigenvalue weighted by atomic mass is 16.5. The lowest BCUT2D eigenvalue weighted by atomic mass is 9.77. The lowest BCUT2D eigenvalue weighted by molar-refractivity contribution is -0.135. The Morgan fingerprint density at radius 3 is 2.55 bits per heavy atom. The van der Waals surface area contributed by atoms with Crippen LogP contribution >= 0.6 is 0 Å². The highest BCUT2D eigenvalue weighted by Crippen LogP contribution is 2.43. The summed E-state index contributed by atoms with van der Waals surface area (Å²) in [4.78, 5) is 18.1. The summed E-state index contributed by atoms with van der Waals surface area (Å²) in [5.41, 5.74) is 4.72. The van der Waals surface area contributed by atoms with Gasteiger partial charge in [-0.1, -0.05) is 36.4 Å². The molecule has 1 amide bonds. The molecule has 162 valence electrons. The molecule has 0 aromatic heterocycles. The minimum absolute atomic E-state index is 0.0609. The van der Waals surface area contributed by atoms with Gasteiger partial charge in [0.15, 0.2) is 0 Å². The molecule has 0 unspecified atom stereocenters. The van der Waals surface area contributed by atoms with Gasteiger partial charge in [0, 0.05) is 37.7 Å². The molecular formula is C25H30N4O2. The largest absolute Gasteiger partial charge is 0.497 e. The molecule has 1 aliphatic carbocycles. The van der Waals surface area contributed by atoms with Gasteiger partial charge in [0.05, 0.1) is 25.4 Å². The van der Waals surface area contributed by atoms with E-state index in [9.17, 15) is 4.79 Å². The Labute approximate surface area is 184 Å². The predicted molar refractivity (Wildman–Crippen MR) is 121 cm³/mol. The third-order valence-corrected chi connectivity index (χ3v) is 6.90. The standard InChI is InChI=1S/C25H30N4O2/c1-27-13-15-28(16-14-27)17-23(30)29-25(19-7-10-20(31-2)11-8-19)22-12-9-18-5-3-4-6-21(18)24(22)26-29/h3-8,10-11,22,25H,9,12-17H2,1-2H3/t22-,25-/m0/s1. The minimum Gasteiger partial charge on any atom is -0.497 e. The number of likely N-dealkylation sites (N-methyl/N-ethyl adjacent to an activating group) is 1. The summed E-state index contributed by atoms with van der Waals surface area (Å²) < 4.78 is 5.35. The van der Waals surface area contributed by atoms with E-state index in [1.807, 2.05) is 12.1 Å². The van der Waals surface area contributed by atoms with E-state index in [2.05, 4.69) is 53.2 Å². The number of hydrazone groups is 1. The number of aryl methyl sites for hydroxylation is 1. The summed E-state index contributed by atoms with van der Waals surface area (Å²) in [6, 6.07) is 16.6. The maximum atomic E-state index is 13.5. The molecule has 2 atom stereocenters. The molecule has 2 heterocycles. The number of rotatable bonds is 4. The number of benzene rings is 2. The minimum atomic E-state index is -0.0609. The molecule has 2 aliphatic heterocycles. The van der Waals surface area contributed by atoms with E-state index in [4.69, 9.17) is 9.84 Å². The van der Waals surface area contributed by atoms with Crippen molar-refractivity contribution in [3.63, 3.8) is 0 Å². The molecule has 0 bridgehead atoms. The van der Waals surface area contributed by atoms with Crippen LogP contribution in [0.3, 0.4) is 0 Å². The number of ether oxygens (including phenoxy) is 1. The normalized spacial score (nSPS) is 23.8. The molecule has 1 fully saturated rings. The van der Waals surface area contributed by atoms with Gasteiger partial charge in [0.25, 0.3) is 5.91 Å². The molecule has 3 aliphatic rings. The van der Waals surface area contributed by atoms with Gasteiger partial charge in [-0.15, -0.1) is 0 Å². The van der Waals surface area contributed by atoms with Gasteiger partial charge in [-0.2, -0.15) is 5.10 Å². The SMILES string of the molecule is COc1ccc([C@H]2[C@H]3CCc4ccccc4C3=NN2C(=O)CN2CCN(C)CC2)cc1. The van der Waals surface area contributed by atoms with Gasteiger partial charge >= 0.3 is 0 Å². The Hall–Kier alpha value is -2.70. The van der Waals surface area contributed by atoms with Crippen molar-refractivity contribution in [2.24, 2.45) is 11.0 Å². The summed E-state index contributed by atoms with van der Waals surface area (Å²) in [6.45, 7) is 4.27. The van der Waals surface area contributed by atoms with Crippen LogP contribution in [0.15, 0.2) is 53.6 Å². The second kappa shape index (κ2) is 8.44. The quantitative estimate of drug-likeness (QED) is 0.766. The Morgan fingerprint density at radius 2 is 1.81 bits per heavy atom. The molecule has 6 heteroatoms. The van der Waals surface area contributed by atoms with E-state index >= 15 is 0 Å². The zero-order valence-corrected chi connectivity index (χ0v) is 18.3. The van der Waals surface area contributed by atoms with Crippen molar-refractivity contribution in [2.45, 2.75) is 18.9 Å². The average molecular weight is 419 g/mol. The van der Waals surface area contributed by atoms with Gasteiger partial charge < -0.3 is 9.64 Å². The van der Waals surface area contributed by atoms with E-state index in [0.717, 1.165) is 56.0 Å². The van der Waals surface area contributed by atoms with Crippen molar-refractivity contribution < 1.29 is 9.53 Å². The van der Waals surface area contributed by atoms with Crippen LogP contribution in [0.1, 0.15) is 29.2 Å². The van der Waals surface area contributed by atoms with Gasteiger partial charge in [0.1, 0.15) is 5.75 Å². The van der Waals surface area contributed by atoms with E-state index in [0.29, 0.717) is 6.54 Å². The number of hydrogen-bond donors (Lipinski definition) is 0. The van der Waals surface area contributed by atoms with Gasteiger partial charge in [-0.05, 0) is 43.1 Å². The third kappa shape index (κ3) is 3.86. The Kier molecular flexibility index (Phi) is 5.50. The topological polar surface area (TPSA) is 48.4 Å². The number of methoxy groups -OCH3 is 1. The number of nitrogens with zero attached hydrogens (tertiary/aromatic N) is 4. The smallest absolute Gasteiger partial charge is 0.257 e. The number of fused-ring (bicyclic) bond motifs is 3. The van der Waals surface area contributed by atoms with Gasteiger partial charge in [0.2, 0.25) is 0 Å². The number of hydrogen-bond acceptors (Lipinski definition) is 5. The summed E-state index contributed by atoms with van der Waals surface area (Å²) >= 11 is 0. The molecule has 1 saturated heterocycles. The molecule has 2 aromatic carbocycles.